The molecular weight excluding hydrogens is 469 g/mol. The van der Waals surface area contributed by atoms with E-state index in [4.69, 9.17) is 34.8 Å². The smallest absolute Gasteiger partial charge is 0.327 e. The van der Waals surface area contributed by atoms with Crippen LogP contribution in [0.4, 0.5) is 0 Å². The quantitative estimate of drug-likeness (QED) is 0.434. The van der Waals surface area contributed by atoms with Crippen molar-refractivity contribution >= 4 is 59.3 Å². The molecule has 3 rings (SSSR count). The van der Waals surface area contributed by atoms with E-state index >= 15 is 0 Å². The third-order valence-corrected chi connectivity index (χ3v) is 5.53. The van der Waals surface area contributed by atoms with Gasteiger partial charge in [-0.25, -0.2) is 9.48 Å². The van der Waals surface area contributed by atoms with Gasteiger partial charge in [0.1, 0.15) is 6.04 Å². The summed E-state index contributed by atoms with van der Waals surface area (Å²) in [6, 6.07) is 10.8. The summed E-state index contributed by atoms with van der Waals surface area (Å²) in [7, 11) is 0. The zero-order valence-electron chi connectivity index (χ0n) is 15.6. The highest BCUT2D eigenvalue weighted by Gasteiger charge is 2.26. The van der Waals surface area contributed by atoms with E-state index in [1.54, 1.807) is 49.4 Å². The first-order valence-corrected chi connectivity index (χ1v) is 10.4. The van der Waals surface area contributed by atoms with E-state index < -0.39 is 17.9 Å². The number of hydrogen-bond donors (Lipinski definition) is 3. The highest BCUT2D eigenvalue weighted by Crippen LogP contribution is 2.33. The Hall–Kier alpha value is -2.19. The van der Waals surface area contributed by atoms with E-state index in [1.807, 2.05) is 0 Å². The van der Waals surface area contributed by atoms with Gasteiger partial charge in [-0.3, -0.25) is 4.79 Å². The first kappa shape index (κ1) is 22.5. The van der Waals surface area contributed by atoms with Crippen LogP contribution in [0.5, 0.6) is 0 Å². The molecule has 6 nitrogen and oxygen atoms in total. The first-order chi connectivity index (χ1) is 14.2. The zero-order valence-corrected chi connectivity index (χ0v) is 18.7. The molecule has 0 aliphatic carbocycles. The van der Waals surface area contributed by atoms with Gasteiger partial charge in [0.25, 0.3) is 5.91 Å². The molecule has 0 radical (unpaired) electrons. The van der Waals surface area contributed by atoms with Crippen LogP contribution in [0.25, 0.3) is 16.9 Å². The molecule has 1 aromatic heterocycles. The summed E-state index contributed by atoms with van der Waals surface area (Å²) in [6.45, 7) is 1.72. The van der Waals surface area contributed by atoms with Gasteiger partial charge >= 0.3 is 5.97 Å². The van der Waals surface area contributed by atoms with Crippen molar-refractivity contribution in [1.82, 2.24) is 15.1 Å². The fraction of sp³-hybridized carbons (Fsp3) is 0.150. The van der Waals surface area contributed by atoms with Crippen LogP contribution in [0.3, 0.4) is 0 Å². The summed E-state index contributed by atoms with van der Waals surface area (Å²) >= 11 is 22.4. The first-order valence-electron chi connectivity index (χ1n) is 8.68. The summed E-state index contributed by atoms with van der Waals surface area (Å²) in [4.78, 5) is 24.1. The zero-order chi connectivity index (χ0) is 22.0. The van der Waals surface area contributed by atoms with Crippen molar-refractivity contribution in [3.05, 3.63) is 68.8 Å². The molecule has 1 atom stereocenters. The van der Waals surface area contributed by atoms with Crippen molar-refractivity contribution in [3.63, 3.8) is 0 Å². The maximum absolute atomic E-state index is 12.8. The SMILES string of the molecule is Cc1c(C(=O)N[C@@H](CS)C(=O)O)nn(-c2ccc(Cl)cc2Cl)c1-c1ccc(Cl)cc1. The number of rotatable bonds is 6. The Balaban J connectivity index is 2.17. The van der Waals surface area contributed by atoms with Crippen molar-refractivity contribution in [2.45, 2.75) is 13.0 Å². The van der Waals surface area contributed by atoms with Gasteiger partial charge in [-0.05, 0) is 37.3 Å². The number of carbonyl (C=O) groups excluding carboxylic acids is 1. The van der Waals surface area contributed by atoms with E-state index in [-0.39, 0.29) is 11.4 Å². The summed E-state index contributed by atoms with van der Waals surface area (Å²) in [5.41, 5.74) is 2.48. The van der Waals surface area contributed by atoms with Crippen LogP contribution in [-0.2, 0) is 4.79 Å². The van der Waals surface area contributed by atoms with E-state index in [0.29, 0.717) is 32.0 Å². The third kappa shape index (κ3) is 4.59. The summed E-state index contributed by atoms with van der Waals surface area (Å²) < 4.78 is 1.53. The van der Waals surface area contributed by atoms with E-state index in [1.165, 1.54) is 4.68 Å². The van der Waals surface area contributed by atoms with E-state index in [0.717, 1.165) is 5.56 Å². The van der Waals surface area contributed by atoms with Gasteiger partial charge in [-0.15, -0.1) is 0 Å². The Morgan fingerprint density at radius 2 is 1.77 bits per heavy atom. The highest BCUT2D eigenvalue weighted by atomic mass is 35.5. The number of amides is 1. The van der Waals surface area contributed by atoms with Crippen LogP contribution in [-0.4, -0.2) is 38.6 Å². The second-order valence-electron chi connectivity index (χ2n) is 6.38. The lowest BCUT2D eigenvalue weighted by Gasteiger charge is -2.11. The minimum absolute atomic E-state index is 0.0616. The number of carboxylic acids is 1. The van der Waals surface area contributed by atoms with Gasteiger partial charge in [0.2, 0.25) is 0 Å². The number of halogens is 3. The summed E-state index contributed by atoms with van der Waals surface area (Å²) in [5, 5.41) is 17.4. The molecule has 0 saturated carbocycles. The molecule has 2 N–H and O–H groups in total. The molecule has 1 heterocycles. The van der Waals surface area contributed by atoms with Gasteiger partial charge in [-0.2, -0.15) is 17.7 Å². The molecule has 0 saturated heterocycles. The molecule has 0 spiro atoms. The average molecular weight is 485 g/mol. The van der Waals surface area contributed by atoms with Gasteiger partial charge in [0.15, 0.2) is 5.69 Å². The standard InChI is InChI=1S/C20H16Cl3N3O3S/c1-10-17(19(27)24-15(9-30)20(28)29)25-26(16-7-6-13(22)8-14(16)23)18(10)11-2-4-12(21)5-3-11/h2-8,15,30H,9H2,1H3,(H,24,27)(H,28,29)/t15-/m0/s1. The lowest BCUT2D eigenvalue weighted by molar-refractivity contribution is -0.138. The Morgan fingerprint density at radius 1 is 1.13 bits per heavy atom. The Morgan fingerprint density at radius 3 is 2.33 bits per heavy atom. The Bertz CT molecular complexity index is 1120. The van der Waals surface area contributed by atoms with Crippen LogP contribution >= 0.6 is 47.4 Å². The number of carboxylic acid groups (broad SMARTS) is 1. The number of aromatic nitrogens is 2. The molecule has 2 aromatic carbocycles. The molecule has 0 aliphatic rings. The lowest BCUT2D eigenvalue weighted by atomic mass is 10.1. The molecule has 156 valence electrons. The Kier molecular flexibility index (Phi) is 6.98. The largest absolute Gasteiger partial charge is 0.480 e. The van der Waals surface area contributed by atoms with Gasteiger partial charge in [0, 0.05) is 26.9 Å². The van der Waals surface area contributed by atoms with Crippen molar-refractivity contribution in [2.24, 2.45) is 0 Å². The number of thiol groups is 1. The molecule has 10 heteroatoms. The second kappa shape index (κ2) is 9.31. The molecule has 0 bridgehead atoms. The van der Waals surface area contributed by atoms with Crippen molar-refractivity contribution in [2.75, 3.05) is 5.75 Å². The van der Waals surface area contributed by atoms with Crippen LogP contribution in [0.15, 0.2) is 42.5 Å². The van der Waals surface area contributed by atoms with Crippen LogP contribution in [0.2, 0.25) is 15.1 Å². The molecule has 3 aromatic rings. The molecule has 1 amide bonds. The number of hydrogen-bond acceptors (Lipinski definition) is 4. The van der Waals surface area contributed by atoms with E-state index in [2.05, 4.69) is 23.0 Å². The van der Waals surface area contributed by atoms with Crippen LogP contribution in [0, 0.1) is 6.92 Å². The van der Waals surface area contributed by atoms with Gasteiger partial charge in [-0.1, -0.05) is 46.9 Å². The third-order valence-electron chi connectivity index (χ3n) is 4.38. The van der Waals surface area contributed by atoms with Crippen molar-refractivity contribution in [1.29, 1.82) is 0 Å². The fourth-order valence-electron chi connectivity index (χ4n) is 2.90. The number of nitrogens with one attached hydrogen (secondary N) is 1. The minimum Gasteiger partial charge on any atom is -0.480 e. The second-order valence-corrected chi connectivity index (χ2v) is 8.03. The maximum Gasteiger partial charge on any atom is 0.327 e. The number of benzene rings is 2. The predicted molar refractivity (Wildman–Crippen MR) is 122 cm³/mol. The van der Waals surface area contributed by atoms with Gasteiger partial charge < -0.3 is 10.4 Å². The minimum atomic E-state index is -1.19. The number of carbonyl (C=O) groups is 2. The van der Waals surface area contributed by atoms with Crippen LogP contribution in [0.1, 0.15) is 16.1 Å². The summed E-state index contributed by atoms with van der Waals surface area (Å²) in [5.74, 6) is -1.88. The Labute approximate surface area is 193 Å². The predicted octanol–water partition coefficient (Wildman–Crippen LogP) is 4.92. The number of nitrogens with zero attached hydrogens (tertiary/aromatic N) is 2. The van der Waals surface area contributed by atoms with E-state index in [9.17, 15) is 14.7 Å². The normalized spacial score (nSPS) is 11.9. The van der Waals surface area contributed by atoms with Gasteiger partial charge in [0.05, 0.1) is 16.4 Å². The number of aliphatic carboxylic acids is 1. The molecule has 30 heavy (non-hydrogen) atoms. The summed E-state index contributed by atoms with van der Waals surface area (Å²) in [6.07, 6.45) is 0. The van der Waals surface area contributed by atoms with Crippen LogP contribution < -0.4 is 5.32 Å². The molecule has 0 unspecified atom stereocenters. The molecular formula is C20H16Cl3N3O3S. The average Bonchev–Trinajstić information content (AvgIpc) is 3.03. The fourth-order valence-corrected chi connectivity index (χ4v) is 3.76. The monoisotopic (exact) mass is 483 g/mol. The highest BCUT2D eigenvalue weighted by molar-refractivity contribution is 7.80. The van der Waals surface area contributed by atoms with Crippen molar-refractivity contribution in [3.8, 4) is 16.9 Å². The topological polar surface area (TPSA) is 84.2 Å². The molecule has 0 fully saturated rings. The molecule has 0 aliphatic heterocycles. The van der Waals surface area contributed by atoms with Crippen molar-refractivity contribution < 1.29 is 14.7 Å². The lowest BCUT2D eigenvalue weighted by Crippen LogP contribution is -2.42. The maximum atomic E-state index is 12.8.